The lowest BCUT2D eigenvalue weighted by molar-refractivity contribution is -0.123. The molecule has 0 N–H and O–H groups in total. The lowest BCUT2D eigenvalue weighted by Gasteiger charge is -2.19. The van der Waals surface area contributed by atoms with Crippen LogP contribution in [0.15, 0.2) is 78.4 Å². The third-order valence-corrected chi connectivity index (χ3v) is 9.73. The number of halogens is 3. The zero-order chi connectivity index (χ0) is 30.9. The minimum Gasteiger partial charge on any atom is -0.454 e. The van der Waals surface area contributed by atoms with Crippen molar-refractivity contribution in [2.24, 2.45) is 23.7 Å². The van der Waals surface area contributed by atoms with Gasteiger partial charge in [-0.2, -0.15) is 0 Å². The number of hydrogen-bond acceptors (Lipinski definition) is 6. The van der Waals surface area contributed by atoms with Crippen LogP contribution in [0.2, 0.25) is 15.1 Å². The van der Waals surface area contributed by atoms with E-state index in [9.17, 15) is 19.2 Å². The summed E-state index contributed by atoms with van der Waals surface area (Å²) in [5.74, 6) is -1.87. The summed E-state index contributed by atoms with van der Waals surface area (Å²) in [7, 11) is 0. The molecule has 1 aromatic heterocycles. The molecule has 2 amide bonds. The Bertz CT molecular complexity index is 1950. The van der Waals surface area contributed by atoms with Crippen LogP contribution >= 0.6 is 34.8 Å². The molecular weight excluding hydrogens is 623 g/mol. The first kappa shape index (κ1) is 28.7. The maximum absolute atomic E-state index is 13.4. The average Bonchev–Trinajstić information content (AvgIpc) is 3.65. The van der Waals surface area contributed by atoms with Crippen molar-refractivity contribution in [3.05, 3.63) is 105 Å². The highest BCUT2D eigenvalue weighted by Crippen LogP contribution is 2.56. The monoisotopic (exact) mass is 644 g/mol. The van der Waals surface area contributed by atoms with Crippen molar-refractivity contribution in [2.45, 2.75) is 13.3 Å². The number of benzene rings is 3. The molecule has 0 radical (unpaired) electrons. The Morgan fingerprint density at radius 1 is 0.909 bits per heavy atom. The number of esters is 1. The second-order valence-corrected chi connectivity index (χ2v) is 12.6. The van der Waals surface area contributed by atoms with E-state index < -0.39 is 18.4 Å². The highest BCUT2D eigenvalue weighted by Gasteiger charge is 2.60. The number of amides is 2. The number of pyridine rings is 1. The van der Waals surface area contributed by atoms with Crippen molar-refractivity contribution in [2.75, 3.05) is 11.5 Å². The topological polar surface area (TPSA) is 93.6 Å². The molecular formula is C34H23Cl3N2O5. The van der Waals surface area contributed by atoms with E-state index in [1.165, 1.54) is 28.7 Å². The minimum absolute atomic E-state index is 0.119. The molecule has 4 atom stereocenters. The lowest BCUT2D eigenvalue weighted by atomic mass is 9.82. The summed E-state index contributed by atoms with van der Waals surface area (Å²) in [6.07, 6.45) is 3.01. The van der Waals surface area contributed by atoms with Crippen LogP contribution in [0.1, 0.15) is 34.1 Å². The minimum atomic E-state index is -0.741. The standard InChI is InChI=1S/C34H23Cl3N2O5/c1-16-11-18-12-23(16)30-29(18)32(41)39(33(30)42)20-8-5-17(6-9-20)27-14-24(21-3-2-4-25(36)31(21)38-27)34(43)44-15-28(40)22-10-7-19(35)13-26(22)37/h2-11,13-14,18,23,29-30H,12,15H2,1H3. The first-order valence-electron chi connectivity index (χ1n) is 14.0. The summed E-state index contributed by atoms with van der Waals surface area (Å²) in [6.45, 7) is 1.50. The molecule has 2 heterocycles. The Hall–Kier alpha value is -4.04. The maximum Gasteiger partial charge on any atom is 0.339 e. The van der Waals surface area contributed by atoms with Crippen LogP contribution in [0.25, 0.3) is 22.2 Å². The molecule has 3 aromatic carbocycles. The van der Waals surface area contributed by atoms with Crippen LogP contribution in [0, 0.1) is 23.7 Å². The fourth-order valence-corrected chi connectivity index (χ4v) is 7.57. The predicted molar refractivity (Wildman–Crippen MR) is 168 cm³/mol. The average molecular weight is 646 g/mol. The van der Waals surface area contributed by atoms with Crippen molar-refractivity contribution < 1.29 is 23.9 Å². The van der Waals surface area contributed by atoms with E-state index in [-0.39, 0.29) is 51.6 Å². The molecule has 2 fully saturated rings. The quantitative estimate of drug-likeness (QED) is 0.0928. The van der Waals surface area contributed by atoms with E-state index >= 15 is 0 Å². The predicted octanol–water partition coefficient (Wildman–Crippen LogP) is 7.60. The van der Waals surface area contributed by atoms with Gasteiger partial charge in [-0.05, 0) is 67.6 Å². The molecule has 44 heavy (non-hydrogen) atoms. The van der Waals surface area contributed by atoms with Gasteiger partial charge in [-0.1, -0.05) is 70.7 Å². The molecule has 1 saturated heterocycles. The Kier molecular flexibility index (Phi) is 7.08. The van der Waals surface area contributed by atoms with E-state index in [1.54, 1.807) is 48.5 Å². The molecule has 0 spiro atoms. The van der Waals surface area contributed by atoms with Crippen molar-refractivity contribution in [1.29, 1.82) is 0 Å². The Balaban J connectivity index is 1.17. The fourth-order valence-electron chi connectivity index (χ4n) is 6.84. The summed E-state index contributed by atoms with van der Waals surface area (Å²) >= 11 is 18.5. The van der Waals surface area contributed by atoms with Gasteiger partial charge >= 0.3 is 5.97 Å². The number of nitrogens with zero attached hydrogens (tertiary/aromatic N) is 2. The molecule has 1 saturated carbocycles. The highest BCUT2D eigenvalue weighted by atomic mass is 35.5. The second-order valence-electron chi connectivity index (χ2n) is 11.3. The number of fused-ring (bicyclic) bond motifs is 6. The number of anilines is 1. The van der Waals surface area contributed by atoms with Crippen LogP contribution in [0.5, 0.6) is 0 Å². The van der Waals surface area contributed by atoms with Gasteiger partial charge in [0.2, 0.25) is 17.6 Å². The first-order chi connectivity index (χ1) is 21.1. The number of rotatable bonds is 6. The largest absolute Gasteiger partial charge is 0.454 e. The molecule has 4 unspecified atom stereocenters. The molecule has 2 aliphatic carbocycles. The van der Waals surface area contributed by atoms with Gasteiger partial charge < -0.3 is 4.74 Å². The summed E-state index contributed by atoms with van der Waals surface area (Å²) < 4.78 is 5.41. The van der Waals surface area contributed by atoms with Gasteiger partial charge in [-0.15, -0.1) is 0 Å². The number of imide groups is 1. The number of allylic oxidation sites excluding steroid dienone is 2. The Labute approximate surface area is 267 Å². The molecule has 220 valence electrons. The van der Waals surface area contributed by atoms with E-state index in [4.69, 9.17) is 44.5 Å². The van der Waals surface area contributed by atoms with Crippen LogP contribution in [0.4, 0.5) is 5.69 Å². The molecule has 10 heteroatoms. The number of ketones is 1. The zero-order valence-corrected chi connectivity index (χ0v) is 25.5. The first-order valence-corrected chi connectivity index (χ1v) is 15.2. The molecule has 4 aromatic rings. The van der Waals surface area contributed by atoms with Gasteiger partial charge in [0.25, 0.3) is 0 Å². The zero-order valence-electron chi connectivity index (χ0n) is 23.2. The third-order valence-electron chi connectivity index (χ3n) is 8.88. The highest BCUT2D eigenvalue weighted by molar-refractivity contribution is 6.37. The van der Waals surface area contributed by atoms with E-state index in [2.05, 4.69) is 6.08 Å². The summed E-state index contributed by atoms with van der Waals surface area (Å²) in [5.41, 5.74) is 3.48. The molecule has 1 aliphatic heterocycles. The molecule has 7 rings (SSSR count). The number of hydrogen-bond donors (Lipinski definition) is 0. The number of aromatic nitrogens is 1. The Morgan fingerprint density at radius 3 is 2.41 bits per heavy atom. The molecule has 2 bridgehead atoms. The third kappa shape index (κ3) is 4.62. The van der Waals surface area contributed by atoms with Gasteiger partial charge in [0, 0.05) is 21.5 Å². The van der Waals surface area contributed by atoms with Crippen molar-refractivity contribution in [3.8, 4) is 11.3 Å². The number of carbonyl (C=O) groups is 4. The van der Waals surface area contributed by atoms with Crippen molar-refractivity contribution in [3.63, 3.8) is 0 Å². The number of para-hydroxylation sites is 1. The summed E-state index contributed by atoms with van der Waals surface area (Å²) in [6, 6.07) is 18.0. The summed E-state index contributed by atoms with van der Waals surface area (Å²) in [5, 5.41) is 1.32. The Morgan fingerprint density at radius 2 is 1.66 bits per heavy atom. The number of carbonyl (C=O) groups excluding carboxylic acids is 4. The maximum atomic E-state index is 13.4. The van der Waals surface area contributed by atoms with E-state index in [1.807, 2.05) is 6.92 Å². The molecule has 7 nitrogen and oxygen atoms in total. The second kappa shape index (κ2) is 10.8. The fraction of sp³-hybridized carbons (Fsp3) is 0.206. The van der Waals surface area contributed by atoms with Gasteiger partial charge in [0.1, 0.15) is 0 Å². The van der Waals surface area contributed by atoms with Crippen LogP contribution in [-0.2, 0) is 14.3 Å². The van der Waals surface area contributed by atoms with Crippen LogP contribution in [0.3, 0.4) is 0 Å². The van der Waals surface area contributed by atoms with Crippen molar-refractivity contribution >= 4 is 75.0 Å². The van der Waals surface area contributed by atoms with E-state index in [0.29, 0.717) is 37.9 Å². The lowest BCUT2D eigenvalue weighted by Crippen LogP contribution is -2.32. The summed E-state index contributed by atoms with van der Waals surface area (Å²) in [4.78, 5) is 58.8. The normalized spacial score (nSPS) is 22.0. The van der Waals surface area contributed by atoms with Gasteiger partial charge in [0.15, 0.2) is 6.61 Å². The van der Waals surface area contributed by atoms with Crippen LogP contribution in [-0.4, -0.2) is 35.2 Å². The number of ether oxygens (including phenoxy) is 1. The van der Waals surface area contributed by atoms with Gasteiger partial charge in [-0.3, -0.25) is 19.3 Å². The molecule has 3 aliphatic rings. The van der Waals surface area contributed by atoms with Gasteiger partial charge in [-0.25, -0.2) is 9.78 Å². The smallest absolute Gasteiger partial charge is 0.339 e. The number of Topliss-reactive ketones (excluding diaryl/α,β-unsaturated/α-hetero) is 1. The van der Waals surface area contributed by atoms with E-state index in [0.717, 1.165) is 6.42 Å². The van der Waals surface area contributed by atoms with Crippen molar-refractivity contribution in [1.82, 2.24) is 4.98 Å². The van der Waals surface area contributed by atoms with Crippen LogP contribution < -0.4 is 4.90 Å². The SMILES string of the molecule is CC1=CC2CC1C1C(=O)N(c3ccc(-c4cc(C(=O)OCC(=O)c5ccc(Cl)cc5Cl)c5cccc(Cl)c5n4)cc3)C(=O)C21. The van der Waals surface area contributed by atoms with Gasteiger partial charge in [0.05, 0.1) is 44.3 Å².